The molecule has 1 amide bonds. The van der Waals surface area contributed by atoms with Crippen LogP contribution in [0.1, 0.15) is 12.0 Å². The lowest BCUT2D eigenvalue weighted by Crippen LogP contribution is -2.26. The van der Waals surface area contributed by atoms with E-state index in [2.05, 4.69) is 0 Å². The van der Waals surface area contributed by atoms with Gasteiger partial charge in [0.05, 0.1) is 17.0 Å². The van der Waals surface area contributed by atoms with Crippen molar-refractivity contribution >= 4 is 31.3 Å². The van der Waals surface area contributed by atoms with Crippen LogP contribution in [0.25, 0.3) is 0 Å². The predicted molar refractivity (Wildman–Crippen MR) is 71.5 cm³/mol. The van der Waals surface area contributed by atoms with Crippen molar-refractivity contribution in [2.45, 2.75) is 12.6 Å². The molecular formula is C12H10ClF4NO3S. The van der Waals surface area contributed by atoms with Crippen molar-refractivity contribution in [2.75, 3.05) is 17.2 Å². The van der Waals surface area contributed by atoms with Gasteiger partial charge in [0.1, 0.15) is 5.82 Å². The molecule has 4 nitrogen and oxygen atoms in total. The summed E-state index contributed by atoms with van der Waals surface area (Å²) in [4.78, 5) is 12.7. The first-order valence-electron chi connectivity index (χ1n) is 6.07. The van der Waals surface area contributed by atoms with Gasteiger partial charge in [0.2, 0.25) is 15.0 Å². The van der Waals surface area contributed by atoms with Crippen molar-refractivity contribution in [2.24, 2.45) is 5.92 Å². The quantitative estimate of drug-likeness (QED) is 0.616. The summed E-state index contributed by atoms with van der Waals surface area (Å²) in [6, 6.07) is 1.82. The van der Waals surface area contributed by atoms with E-state index >= 15 is 0 Å². The molecule has 1 aromatic carbocycles. The fraction of sp³-hybridized carbons (Fsp3) is 0.417. The van der Waals surface area contributed by atoms with Crippen molar-refractivity contribution in [1.82, 2.24) is 0 Å². The van der Waals surface area contributed by atoms with E-state index in [1.807, 2.05) is 0 Å². The number of rotatable bonds is 3. The zero-order valence-corrected chi connectivity index (χ0v) is 12.5. The maximum Gasteiger partial charge on any atom is 0.416 e. The normalized spacial score (nSPS) is 19.8. The van der Waals surface area contributed by atoms with Crippen LogP contribution in [-0.2, 0) is 20.0 Å². The van der Waals surface area contributed by atoms with Crippen LogP contribution in [0.4, 0.5) is 23.2 Å². The summed E-state index contributed by atoms with van der Waals surface area (Å²) in [5, 5.41) is 0. The molecule has 0 aromatic heterocycles. The van der Waals surface area contributed by atoms with Crippen LogP contribution >= 0.6 is 10.7 Å². The molecule has 1 heterocycles. The van der Waals surface area contributed by atoms with Crippen LogP contribution < -0.4 is 4.90 Å². The second kappa shape index (κ2) is 5.69. The minimum Gasteiger partial charge on any atom is -0.309 e. The number of benzene rings is 1. The molecule has 0 spiro atoms. The molecule has 1 unspecified atom stereocenters. The number of carbonyl (C=O) groups excluding carboxylic acids is 1. The molecular weight excluding hydrogens is 350 g/mol. The zero-order valence-electron chi connectivity index (χ0n) is 10.9. The molecule has 2 rings (SSSR count). The molecule has 0 radical (unpaired) electrons. The van der Waals surface area contributed by atoms with E-state index < -0.39 is 44.2 Å². The van der Waals surface area contributed by atoms with Crippen molar-refractivity contribution in [3.8, 4) is 0 Å². The lowest BCUT2D eigenvalue weighted by atomic mass is 10.1. The molecule has 1 aliphatic rings. The maximum absolute atomic E-state index is 13.8. The number of nitrogens with zero attached hydrogens (tertiary/aromatic N) is 1. The average molecular weight is 360 g/mol. The summed E-state index contributed by atoms with van der Waals surface area (Å²) in [6.45, 7) is -0.118. The lowest BCUT2D eigenvalue weighted by molar-refractivity contribution is -0.137. The van der Waals surface area contributed by atoms with Crippen LogP contribution in [0.3, 0.4) is 0 Å². The van der Waals surface area contributed by atoms with Crippen LogP contribution in [0.5, 0.6) is 0 Å². The number of amides is 1. The van der Waals surface area contributed by atoms with Crippen LogP contribution in [0, 0.1) is 11.7 Å². The van der Waals surface area contributed by atoms with Gasteiger partial charge in [-0.25, -0.2) is 12.8 Å². The molecule has 1 saturated heterocycles. The first-order valence-corrected chi connectivity index (χ1v) is 8.54. The minimum absolute atomic E-state index is 0.118. The van der Waals surface area contributed by atoms with E-state index in [0.29, 0.717) is 12.1 Å². The Labute approximate surface area is 128 Å². The van der Waals surface area contributed by atoms with E-state index in [0.717, 1.165) is 11.0 Å². The van der Waals surface area contributed by atoms with Gasteiger partial charge < -0.3 is 4.90 Å². The molecule has 0 saturated carbocycles. The number of hydrogen-bond acceptors (Lipinski definition) is 3. The van der Waals surface area contributed by atoms with Gasteiger partial charge >= 0.3 is 6.18 Å². The van der Waals surface area contributed by atoms with Crippen molar-refractivity contribution in [3.05, 3.63) is 29.6 Å². The van der Waals surface area contributed by atoms with Gasteiger partial charge in [0, 0.05) is 29.6 Å². The Morgan fingerprint density at radius 3 is 2.45 bits per heavy atom. The highest BCUT2D eigenvalue weighted by atomic mass is 35.7. The standard InChI is InChI=1S/C12H10ClF4NO3S/c13-22(20,21)6-7-3-11(19)18(5-7)10-2-1-8(4-9(10)14)12(15,16)17/h1-2,4,7H,3,5-6H2. The number of anilines is 1. The minimum atomic E-state index is -4.69. The monoisotopic (exact) mass is 359 g/mol. The van der Waals surface area contributed by atoms with Gasteiger partial charge in [0.15, 0.2) is 0 Å². The Morgan fingerprint density at radius 2 is 1.95 bits per heavy atom. The highest BCUT2D eigenvalue weighted by Gasteiger charge is 2.36. The first kappa shape index (κ1) is 17.0. The molecule has 0 bridgehead atoms. The summed E-state index contributed by atoms with van der Waals surface area (Å²) < 4.78 is 73.2. The van der Waals surface area contributed by atoms with Crippen LogP contribution in [0.15, 0.2) is 18.2 Å². The van der Waals surface area contributed by atoms with E-state index in [-0.39, 0.29) is 18.7 Å². The SMILES string of the molecule is O=C1CC(CS(=O)(=O)Cl)CN1c1ccc(C(F)(F)F)cc1F. The highest BCUT2D eigenvalue weighted by Crippen LogP contribution is 2.34. The van der Waals surface area contributed by atoms with E-state index in [4.69, 9.17) is 10.7 Å². The summed E-state index contributed by atoms with van der Waals surface area (Å²) >= 11 is 0. The average Bonchev–Trinajstić information content (AvgIpc) is 2.66. The Morgan fingerprint density at radius 1 is 1.32 bits per heavy atom. The van der Waals surface area contributed by atoms with Gasteiger partial charge in [-0.1, -0.05) is 0 Å². The highest BCUT2D eigenvalue weighted by molar-refractivity contribution is 8.13. The Kier molecular flexibility index (Phi) is 4.40. The smallest absolute Gasteiger partial charge is 0.309 e. The van der Waals surface area contributed by atoms with E-state index in [9.17, 15) is 30.8 Å². The van der Waals surface area contributed by atoms with Gasteiger partial charge in [-0.2, -0.15) is 13.2 Å². The molecule has 1 aromatic rings. The fourth-order valence-corrected chi connectivity index (χ4v) is 3.63. The van der Waals surface area contributed by atoms with Crippen LogP contribution in [0.2, 0.25) is 0 Å². The molecule has 1 fully saturated rings. The van der Waals surface area contributed by atoms with Gasteiger partial charge in [-0.3, -0.25) is 4.79 Å². The molecule has 1 atom stereocenters. The summed E-state index contributed by atoms with van der Waals surface area (Å²) in [5.74, 6) is -2.85. The van der Waals surface area contributed by atoms with Crippen molar-refractivity contribution < 1.29 is 30.8 Å². The zero-order chi connectivity index (χ0) is 16.7. The molecule has 122 valence electrons. The molecule has 1 aliphatic heterocycles. The Bertz CT molecular complexity index is 705. The number of carbonyl (C=O) groups is 1. The van der Waals surface area contributed by atoms with Gasteiger partial charge in [-0.15, -0.1) is 0 Å². The second-order valence-electron chi connectivity index (χ2n) is 4.94. The summed E-state index contributed by atoms with van der Waals surface area (Å²) in [7, 11) is 1.28. The topological polar surface area (TPSA) is 54.5 Å². The number of hydrogen-bond donors (Lipinski definition) is 0. The molecule has 0 N–H and O–H groups in total. The van der Waals surface area contributed by atoms with Gasteiger partial charge in [0.25, 0.3) is 0 Å². The lowest BCUT2D eigenvalue weighted by Gasteiger charge is -2.18. The van der Waals surface area contributed by atoms with Gasteiger partial charge in [-0.05, 0) is 18.2 Å². The molecule has 22 heavy (non-hydrogen) atoms. The van der Waals surface area contributed by atoms with E-state index in [1.165, 1.54) is 0 Å². The third-order valence-corrected chi connectivity index (χ3v) is 4.45. The molecule has 0 aliphatic carbocycles. The van der Waals surface area contributed by atoms with Crippen molar-refractivity contribution in [1.29, 1.82) is 0 Å². The number of alkyl halides is 3. The van der Waals surface area contributed by atoms with Crippen molar-refractivity contribution in [3.63, 3.8) is 0 Å². The Balaban J connectivity index is 2.24. The third-order valence-electron chi connectivity index (χ3n) is 3.21. The van der Waals surface area contributed by atoms with Crippen LogP contribution in [-0.4, -0.2) is 26.6 Å². The largest absolute Gasteiger partial charge is 0.416 e. The molecule has 10 heteroatoms. The fourth-order valence-electron chi connectivity index (χ4n) is 2.31. The summed E-state index contributed by atoms with van der Waals surface area (Å²) in [6.07, 6.45) is -4.85. The predicted octanol–water partition coefficient (Wildman–Crippen LogP) is 2.77. The first-order chi connectivity index (χ1) is 9.97. The third kappa shape index (κ3) is 3.89. The maximum atomic E-state index is 13.8. The summed E-state index contributed by atoms with van der Waals surface area (Å²) in [5.41, 5.74) is -1.48. The van der Waals surface area contributed by atoms with E-state index in [1.54, 1.807) is 0 Å². The number of halogens is 5. The Hall–Kier alpha value is -1.35. The second-order valence-corrected chi connectivity index (χ2v) is 7.77.